The van der Waals surface area contributed by atoms with E-state index in [1.807, 2.05) is 0 Å². The molecule has 0 amide bonds. The Morgan fingerprint density at radius 3 is 1.29 bits per heavy atom. The summed E-state index contributed by atoms with van der Waals surface area (Å²) >= 11 is 0. The summed E-state index contributed by atoms with van der Waals surface area (Å²) in [6.07, 6.45) is -1.37. The molecule has 0 aromatic rings. The molecule has 0 atom stereocenters. The predicted molar refractivity (Wildman–Crippen MR) is 165 cm³/mol. The van der Waals surface area contributed by atoms with Crippen molar-refractivity contribution in [3.05, 3.63) is 17.8 Å². The Kier molecular flexibility index (Phi) is 43.9. The standard InChI is InChI=1S/C6H14N.C2H2B10.C2B10.3Li/c1-5(2)7-6(3)4;1-8-11(6)2(10(4)5)12(7)9-3;3-9(4)1-2-10(11(5)6)12(7)8;;;/h5-6H,1-4H3;1H2;;;;/q-1;-2;;3*+1. The molecule has 0 spiro atoms. The molecular formula is C10H16B20Li3N. The van der Waals surface area contributed by atoms with Crippen LogP contribution < -0.4 is 56.6 Å². The topological polar surface area (TPSA) is 14.1 Å². The van der Waals surface area contributed by atoms with Crippen LogP contribution in [0.25, 0.3) is 5.32 Å². The van der Waals surface area contributed by atoms with Gasteiger partial charge in [0.25, 0.3) is 0 Å². The van der Waals surface area contributed by atoms with Crippen molar-refractivity contribution in [2.45, 2.75) is 39.8 Å². The van der Waals surface area contributed by atoms with Gasteiger partial charge < -0.3 is 17.8 Å². The monoisotopic (exact) mass is 391 g/mol. The van der Waals surface area contributed by atoms with Crippen LogP contribution in [-0.4, -0.2) is 157 Å². The summed E-state index contributed by atoms with van der Waals surface area (Å²) in [6.45, 7) is 9.12. The van der Waals surface area contributed by atoms with Crippen molar-refractivity contribution < 1.29 is 56.6 Å². The van der Waals surface area contributed by atoms with Gasteiger partial charge in [-0.2, -0.15) is 25.3 Å². The average molecular weight is 387 g/mol. The van der Waals surface area contributed by atoms with Crippen LogP contribution in [0.5, 0.6) is 0 Å². The van der Waals surface area contributed by atoms with Gasteiger partial charge in [0.15, 0.2) is 0 Å². The van der Waals surface area contributed by atoms with Gasteiger partial charge in [0.2, 0.25) is 0 Å². The summed E-state index contributed by atoms with van der Waals surface area (Å²) in [6, 6.07) is 1.000. The molecule has 124 valence electrons. The van der Waals surface area contributed by atoms with Gasteiger partial charge in [0.05, 0.1) is 0 Å². The van der Waals surface area contributed by atoms with E-state index in [1.165, 1.54) is 14.2 Å². The molecule has 0 unspecified atom stereocenters. The minimum absolute atomic E-state index is 0. The molecule has 24 radical (unpaired) electrons. The van der Waals surface area contributed by atoms with Crippen molar-refractivity contribution in [3.8, 4) is 11.6 Å². The maximum Gasteiger partial charge on any atom is 1.00 e. The number of hydrogen-bond acceptors (Lipinski definition) is 0. The first kappa shape index (κ1) is 49.5. The van der Waals surface area contributed by atoms with Crippen LogP contribution in [0, 0.1) is 24.1 Å². The summed E-state index contributed by atoms with van der Waals surface area (Å²) < 4.78 is 0. The number of hydrogen-bond donors (Lipinski definition) is 0. The van der Waals surface area contributed by atoms with Crippen molar-refractivity contribution in [2.75, 3.05) is 0 Å². The van der Waals surface area contributed by atoms with Crippen molar-refractivity contribution in [1.29, 1.82) is 0 Å². The molecule has 0 N–H and O–H groups in total. The van der Waals surface area contributed by atoms with Crippen LogP contribution in [0.2, 0.25) is 0 Å². The Morgan fingerprint density at radius 2 is 1.12 bits per heavy atom. The zero-order valence-corrected chi connectivity index (χ0v) is 22.4. The van der Waals surface area contributed by atoms with Gasteiger partial charge in [-0.25, -0.2) is 0 Å². The van der Waals surface area contributed by atoms with Crippen LogP contribution in [0.1, 0.15) is 27.7 Å². The molecule has 0 fully saturated rings. The van der Waals surface area contributed by atoms with E-state index >= 15 is 0 Å². The fourth-order valence-electron chi connectivity index (χ4n) is 2.15. The minimum Gasteiger partial charge on any atom is -0.658 e. The van der Waals surface area contributed by atoms with Gasteiger partial charge in [-0.1, -0.05) is 27.7 Å². The molecular weight excluding hydrogens is 371 g/mol. The van der Waals surface area contributed by atoms with Gasteiger partial charge in [0.1, 0.15) is 13.0 Å². The smallest absolute Gasteiger partial charge is 0.658 e. The van der Waals surface area contributed by atoms with E-state index in [-0.39, 0.29) is 56.6 Å². The first-order valence-corrected chi connectivity index (χ1v) is 9.93. The normalized spacial score (nSPS) is 8.24. The van der Waals surface area contributed by atoms with Gasteiger partial charge in [-0.05, 0) is 45.7 Å². The molecule has 0 aliphatic heterocycles. The Balaban J connectivity index is -0.0000000856. The third kappa shape index (κ3) is 30.8. The molecule has 0 bridgehead atoms. The third-order valence-corrected chi connectivity index (χ3v) is 3.46. The molecule has 34 heavy (non-hydrogen) atoms. The largest absolute Gasteiger partial charge is 1.00 e. The van der Waals surface area contributed by atoms with Crippen molar-refractivity contribution in [1.82, 2.24) is 0 Å². The molecule has 0 heterocycles. The zero-order chi connectivity index (χ0) is 25.3. The van der Waals surface area contributed by atoms with Gasteiger partial charge in [-0.15, -0.1) is 25.1 Å². The van der Waals surface area contributed by atoms with Crippen LogP contribution in [0.3, 0.4) is 0 Å². The molecule has 0 saturated carbocycles. The second kappa shape index (κ2) is 30.2. The second-order valence-corrected chi connectivity index (χ2v) is 7.34. The SMILES string of the molecule is CC(C)[N-]C(C)C.[B]B([B])C#CB(B([B])[B])B([B])[B].[B][B]B([B])[C-](B([B])[B])B([B])[B][CH2-].[Li+].[Li+].[Li+]. The van der Waals surface area contributed by atoms with E-state index in [0.717, 1.165) is 0 Å². The number of rotatable bonds is 9. The first-order chi connectivity index (χ1) is 14.1. The maximum absolute atomic E-state index is 5.62. The maximum atomic E-state index is 5.62. The van der Waals surface area contributed by atoms with E-state index in [0.29, 0.717) is 17.7 Å². The summed E-state index contributed by atoms with van der Waals surface area (Å²) in [5.41, 5.74) is 0.576. The van der Waals surface area contributed by atoms with E-state index in [9.17, 15) is 0 Å². The van der Waals surface area contributed by atoms with Crippen molar-refractivity contribution in [3.63, 3.8) is 0 Å². The third-order valence-electron chi connectivity index (χ3n) is 3.46. The number of nitrogens with zero attached hydrogens (tertiary/aromatic N) is 1. The van der Waals surface area contributed by atoms with E-state index in [1.54, 1.807) is 0 Å². The summed E-state index contributed by atoms with van der Waals surface area (Å²) in [4.78, 5) is 0. The molecule has 0 aromatic heterocycles. The van der Waals surface area contributed by atoms with Crippen molar-refractivity contribution >= 4 is 145 Å². The summed E-state index contributed by atoms with van der Waals surface area (Å²) in [7, 11) is 61.9. The molecule has 0 saturated heterocycles. The Hall–Kier alpha value is 2.61. The molecule has 24 heteroatoms. The van der Waals surface area contributed by atoms with Crippen LogP contribution >= 0.6 is 0 Å². The van der Waals surface area contributed by atoms with Crippen molar-refractivity contribution in [2.24, 2.45) is 0 Å². The first-order valence-electron chi connectivity index (χ1n) is 9.93. The van der Waals surface area contributed by atoms with Crippen LogP contribution in [0.4, 0.5) is 0 Å². The fraction of sp³-hybridized carbons (Fsp3) is 0.600. The Morgan fingerprint density at radius 1 is 0.735 bits per heavy atom. The minimum atomic E-state index is -0.718. The van der Waals surface area contributed by atoms with Gasteiger partial charge >= 0.3 is 56.6 Å². The quantitative estimate of drug-likeness (QED) is 0.212. The summed E-state index contributed by atoms with van der Waals surface area (Å²) in [5.74, 6) is 5.11. The average Bonchev–Trinajstić information content (AvgIpc) is 2.60. The van der Waals surface area contributed by atoms with E-state index < -0.39 is 45.2 Å². The molecule has 0 rings (SSSR count). The molecule has 1 nitrogen and oxygen atoms in total. The van der Waals surface area contributed by atoms with Gasteiger partial charge in [-0.3, -0.25) is 0 Å². The van der Waals surface area contributed by atoms with E-state index in [4.69, 9.17) is 85.1 Å². The summed E-state index contributed by atoms with van der Waals surface area (Å²) in [5, 5.41) is 4.28. The molecule has 0 aromatic carbocycles. The predicted octanol–water partition coefficient (Wildman–Crippen LogP) is -14.0. The Bertz CT molecular complexity index is 451. The molecule has 0 aliphatic rings. The van der Waals surface area contributed by atoms with Crippen LogP contribution in [0.15, 0.2) is 0 Å². The molecule has 0 aliphatic carbocycles. The second-order valence-electron chi connectivity index (χ2n) is 7.34. The van der Waals surface area contributed by atoms with Gasteiger partial charge in [0, 0.05) is 59.2 Å². The zero-order valence-electron chi connectivity index (χ0n) is 22.4. The fourth-order valence-corrected chi connectivity index (χ4v) is 2.15. The van der Waals surface area contributed by atoms with Crippen LogP contribution in [-0.2, 0) is 0 Å². The Labute approximate surface area is 268 Å². The van der Waals surface area contributed by atoms with E-state index in [2.05, 4.69) is 51.5 Å².